The second-order valence-electron chi connectivity index (χ2n) is 8.92. The van der Waals surface area contributed by atoms with Gasteiger partial charge in [0.25, 0.3) is 0 Å². The average Bonchev–Trinajstić information content (AvgIpc) is 3.33. The maximum atomic E-state index is 13.9. The highest BCUT2D eigenvalue weighted by Gasteiger charge is 2.40. The zero-order valence-corrected chi connectivity index (χ0v) is 17.6. The Kier molecular flexibility index (Phi) is 5.93. The lowest BCUT2D eigenvalue weighted by Crippen LogP contribution is -2.48. The van der Waals surface area contributed by atoms with Crippen LogP contribution < -0.4 is 0 Å². The Morgan fingerprint density at radius 1 is 0.852 bits per heavy atom. The Morgan fingerprint density at radius 2 is 1.33 bits per heavy atom. The fourth-order valence-electron chi connectivity index (χ4n) is 5.55. The van der Waals surface area contributed by atoms with E-state index in [-0.39, 0.29) is 12.1 Å². The molecule has 3 fully saturated rings. The van der Waals surface area contributed by atoms with Crippen LogP contribution in [0.1, 0.15) is 102 Å². The first kappa shape index (κ1) is 19.4. The molecule has 0 amide bonds. The number of aromatic nitrogens is 2. The molecule has 3 aliphatic carbocycles. The van der Waals surface area contributed by atoms with Gasteiger partial charge in [-0.05, 0) is 45.4 Å². The van der Waals surface area contributed by atoms with Gasteiger partial charge in [0, 0.05) is 18.3 Å². The highest BCUT2D eigenvalue weighted by Crippen LogP contribution is 2.36. The van der Waals surface area contributed by atoms with E-state index in [2.05, 4.69) is 5.10 Å². The van der Waals surface area contributed by atoms with Crippen LogP contribution in [0.25, 0.3) is 0 Å². The minimum Gasteiger partial charge on any atom is -0.268 e. The first-order chi connectivity index (χ1) is 13.1. The summed E-state index contributed by atoms with van der Waals surface area (Å²) in [6, 6.07) is 0.743. The molecule has 0 aliphatic heterocycles. The summed E-state index contributed by atoms with van der Waals surface area (Å²) in [4.78, 5) is 0.463. The quantitative estimate of drug-likeness (QED) is 0.710. The van der Waals surface area contributed by atoms with E-state index in [1.54, 1.807) is 0 Å². The van der Waals surface area contributed by atoms with Crippen LogP contribution in [0.4, 0.5) is 0 Å². The average molecular weight is 394 g/mol. The topological polar surface area (TPSA) is 55.2 Å². The van der Waals surface area contributed by atoms with Gasteiger partial charge in [0.05, 0.1) is 11.7 Å². The lowest BCUT2D eigenvalue weighted by molar-refractivity contribution is 0.169. The van der Waals surface area contributed by atoms with Crippen LogP contribution >= 0.6 is 0 Å². The van der Waals surface area contributed by atoms with Crippen LogP contribution in [-0.4, -0.2) is 34.6 Å². The van der Waals surface area contributed by atoms with Crippen LogP contribution in [0.5, 0.6) is 0 Å². The largest absolute Gasteiger partial charge is 0.268 e. The monoisotopic (exact) mass is 393 g/mol. The summed E-state index contributed by atoms with van der Waals surface area (Å²) in [5, 5.41) is 4.64. The molecule has 1 heterocycles. The van der Waals surface area contributed by atoms with Crippen LogP contribution in [0.2, 0.25) is 0 Å². The van der Waals surface area contributed by atoms with E-state index in [1.807, 2.05) is 22.1 Å². The standard InChI is InChI=1S/C21H35N3O2S/c1-17-21(16-23(22-17)18-10-8-9-11-18)27(25,26)24(19-12-4-2-5-13-19)20-14-6-3-7-15-20/h16,18-20H,2-15H2,1H3. The molecule has 0 aromatic carbocycles. The number of sulfonamides is 1. The molecule has 4 rings (SSSR count). The molecule has 0 N–H and O–H groups in total. The molecular weight excluding hydrogens is 358 g/mol. The third-order valence-corrected chi connectivity index (χ3v) is 9.10. The third kappa shape index (κ3) is 3.98. The van der Waals surface area contributed by atoms with Crippen molar-refractivity contribution in [3.63, 3.8) is 0 Å². The maximum Gasteiger partial charge on any atom is 0.246 e. The summed E-state index contributed by atoms with van der Waals surface area (Å²) in [5.74, 6) is 0. The molecule has 152 valence electrons. The maximum absolute atomic E-state index is 13.9. The van der Waals surface area contributed by atoms with Gasteiger partial charge in [0.2, 0.25) is 10.0 Å². The van der Waals surface area contributed by atoms with E-state index in [9.17, 15) is 8.42 Å². The lowest BCUT2D eigenvalue weighted by Gasteiger charge is -2.40. The van der Waals surface area contributed by atoms with Crippen LogP contribution in [0.15, 0.2) is 11.1 Å². The summed E-state index contributed by atoms with van der Waals surface area (Å²) < 4.78 is 31.6. The molecule has 0 bridgehead atoms. The number of aryl methyl sites for hydroxylation is 1. The van der Waals surface area contributed by atoms with Gasteiger partial charge in [-0.3, -0.25) is 4.68 Å². The molecule has 0 radical (unpaired) electrons. The van der Waals surface area contributed by atoms with E-state index >= 15 is 0 Å². The second kappa shape index (κ2) is 8.24. The Bertz CT molecular complexity index is 707. The minimum absolute atomic E-state index is 0.182. The Hall–Kier alpha value is -0.880. The number of nitrogens with zero attached hydrogens (tertiary/aromatic N) is 3. The smallest absolute Gasteiger partial charge is 0.246 e. The fraction of sp³-hybridized carbons (Fsp3) is 0.857. The molecule has 6 heteroatoms. The number of hydrogen-bond acceptors (Lipinski definition) is 3. The van der Waals surface area contributed by atoms with Gasteiger partial charge >= 0.3 is 0 Å². The van der Waals surface area contributed by atoms with Crippen LogP contribution in [0.3, 0.4) is 0 Å². The van der Waals surface area contributed by atoms with Crippen molar-refractivity contribution in [2.24, 2.45) is 0 Å². The predicted octanol–water partition coefficient (Wildman–Crippen LogP) is 4.96. The Balaban J connectivity index is 1.67. The fourth-order valence-corrected chi connectivity index (χ4v) is 7.64. The van der Waals surface area contributed by atoms with Crippen molar-refractivity contribution in [2.75, 3.05) is 0 Å². The molecule has 0 atom stereocenters. The highest BCUT2D eigenvalue weighted by atomic mass is 32.2. The van der Waals surface area contributed by atoms with Crippen molar-refractivity contribution in [1.29, 1.82) is 0 Å². The van der Waals surface area contributed by atoms with Crippen molar-refractivity contribution in [3.05, 3.63) is 11.9 Å². The zero-order valence-electron chi connectivity index (χ0n) is 16.8. The molecule has 0 unspecified atom stereocenters. The Morgan fingerprint density at radius 3 is 1.85 bits per heavy atom. The van der Waals surface area contributed by atoms with Gasteiger partial charge in [0.15, 0.2) is 0 Å². The van der Waals surface area contributed by atoms with Crippen molar-refractivity contribution >= 4 is 10.0 Å². The van der Waals surface area contributed by atoms with E-state index in [4.69, 9.17) is 0 Å². The molecule has 1 aromatic rings. The SMILES string of the molecule is Cc1nn(C2CCCC2)cc1S(=O)(=O)N(C1CCCCC1)C1CCCCC1. The van der Waals surface area contributed by atoms with Gasteiger partial charge < -0.3 is 0 Å². The molecule has 0 saturated heterocycles. The Labute approximate surface area is 164 Å². The normalized spacial score (nSPS) is 24.1. The van der Waals surface area contributed by atoms with Crippen molar-refractivity contribution < 1.29 is 8.42 Å². The van der Waals surface area contributed by atoms with Crippen molar-refractivity contribution in [2.45, 2.75) is 120 Å². The predicted molar refractivity (Wildman–Crippen MR) is 107 cm³/mol. The summed E-state index contributed by atoms with van der Waals surface area (Å²) in [5.41, 5.74) is 0.679. The van der Waals surface area contributed by atoms with Gasteiger partial charge in [-0.2, -0.15) is 9.40 Å². The van der Waals surface area contributed by atoms with Gasteiger partial charge in [-0.25, -0.2) is 8.42 Å². The molecule has 1 aromatic heterocycles. The second-order valence-corrected chi connectivity index (χ2v) is 10.7. The summed E-state index contributed by atoms with van der Waals surface area (Å²) >= 11 is 0. The first-order valence-electron chi connectivity index (χ1n) is 11.2. The third-order valence-electron chi connectivity index (χ3n) is 7.00. The van der Waals surface area contributed by atoms with Crippen LogP contribution in [0, 0.1) is 6.92 Å². The zero-order chi connectivity index (χ0) is 18.9. The molecule has 0 spiro atoms. The van der Waals surface area contributed by atoms with Gasteiger partial charge in [-0.15, -0.1) is 0 Å². The summed E-state index contributed by atoms with van der Waals surface area (Å²) in [7, 11) is -3.49. The molecule has 3 saturated carbocycles. The van der Waals surface area contributed by atoms with E-state index in [1.165, 1.54) is 25.7 Å². The highest BCUT2D eigenvalue weighted by molar-refractivity contribution is 7.89. The molecule has 3 aliphatic rings. The molecule has 27 heavy (non-hydrogen) atoms. The number of rotatable bonds is 5. The summed E-state index contributed by atoms with van der Waals surface area (Å²) in [6.45, 7) is 1.87. The minimum atomic E-state index is -3.49. The van der Waals surface area contributed by atoms with Gasteiger partial charge in [-0.1, -0.05) is 51.4 Å². The van der Waals surface area contributed by atoms with Crippen molar-refractivity contribution in [3.8, 4) is 0 Å². The van der Waals surface area contributed by atoms with E-state index < -0.39 is 10.0 Å². The van der Waals surface area contributed by atoms with Crippen LogP contribution in [-0.2, 0) is 10.0 Å². The summed E-state index contributed by atoms with van der Waals surface area (Å²) in [6.07, 6.45) is 17.7. The lowest BCUT2D eigenvalue weighted by atomic mass is 9.91. The van der Waals surface area contributed by atoms with Crippen molar-refractivity contribution in [1.82, 2.24) is 14.1 Å². The van der Waals surface area contributed by atoms with E-state index in [0.29, 0.717) is 16.6 Å². The molecular formula is C21H35N3O2S. The number of hydrogen-bond donors (Lipinski definition) is 0. The van der Waals surface area contributed by atoms with Gasteiger partial charge in [0.1, 0.15) is 4.90 Å². The first-order valence-corrected chi connectivity index (χ1v) is 12.6. The molecule has 5 nitrogen and oxygen atoms in total. The van der Waals surface area contributed by atoms with E-state index in [0.717, 1.165) is 64.2 Å².